The Bertz CT molecular complexity index is 1620. The molecule has 0 spiro atoms. The number of benzene rings is 1. The molecule has 5 aromatic rings. The van der Waals surface area contributed by atoms with Gasteiger partial charge in [0.2, 0.25) is 11.8 Å². The lowest BCUT2D eigenvalue weighted by Gasteiger charge is -2.31. The summed E-state index contributed by atoms with van der Waals surface area (Å²) in [7, 11) is 0. The Morgan fingerprint density at radius 2 is 1.92 bits per heavy atom. The van der Waals surface area contributed by atoms with Crippen molar-refractivity contribution in [2.75, 3.05) is 13.1 Å². The van der Waals surface area contributed by atoms with Gasteiger partial charge in [-0.3, -0.25) is 4.90 Å². The Labute approximate surface area is 224 Å². The molecule has 0 aliphatic carbocycles. The van der Waals surface area contributed by atoms with E-state index in [0.717, 1.165) is 48.6 Å². The molecule has 1 aliphatic rings. The highest BCUT2D eigenvalue weighted by Gasteiger charge is 2.24. The molecular weight excluding hydrogens is 497 g/mol. The summed E-state index contributed by atoms with van der Waals surface area (Å²) in [5, 5.41) is 8.92. The number of hydrogen-bond acceptors (Lipinski definition) is 8. The third-order valence-corrected chi connectivity index (χ3v) is 7.03. The first-order valence-corrected chi connectivity index (χ1v) is 12.9. The number of ether oxygens (including phenoxy) is 1. The number of aromatic nitrogens is 5. The number of nitrogens with zero attached hydrogens (tertiary/aromatic N) is 7. The Kier molecular flexibility index (Phi) is 6.97. The Hall–Kier alpha value is -4.62. The predicted octanol–water partition coefficient (Wildman–Crippen LogP) is 4.83. The molecule has 1 saturated heterocycles. The zero-order valence-corrected chi connectivity index (χ0v) is 21.2. The normalized spacial score (nSPS) is 14.5. The van der Waals surface area contributed by atoms with E-state index in [1.54, 1.807) is 36.9 Å². The van der Waals surface area contributed by atoms with Gasteiger partial charge in [0.1, 0.15) is 36.6 Å². The van der Waals surface area contributed by atoms with Crippen molar-refractivity contribution in [3.05, 3.63) is 102 Å². The van der Waals surface area contributed by atoms with Crippen LogP contribution in [0.4, 0.5) is 4.39 Å². The maximum Gasteiger partial charge on any atom is 0.214 e. The molecule has 6 rings (SSSR count). The third-order valence-electron chi connectivity index (χ3n) is 7.03. The second-order valence-corrected chi connectivity index (χ2v) is 9.54. The zero-order valence-electron chi connectivity index (χ0n) is 21.2. The molecule has 1 fully saturated rings. The van der Waals surface area contributed by atoms with E-state index < -0.39 is 5.82 Å². The first-order valence-electron chi connectivity index (χ1n) is 12.9. The van der Waals surface area contributed by atoms with E-state index in [1.807, 2.05) is 30.3 Å². The van der Waals surface area contributed by atoms with Gasteiger partial charge in [0, 0.05) is 29.4 Å². The molecule has 39 heavy (non-hydrogen) atoms. The topological polar surface area (TPSA) is 106 Å². The minimum Gasteiger partial charge on any atom is -0.473 e. The minimum atomic E-state index is -0.456. The smallest absolute Gasteiger partial charge is 0.214 e. The van der Waals surface area contributed by atoms with Gasteiger partial charge in [-0.1, -0.05) is 12.1 Å². The summed E-state index contributed by atoms with van der Waals surface area (Å²) in [6, 6.07) is 15.9. The van der Waals surface area contributed by atoms with Gasteiger partial charge in [0.05, 0.1) is 24.4 Å². The van der Waals surface area contributed by atoms with Crippen LogP contribution in [0.25, 0.3) is 11.2 Å². The van der Waals surface area contributed by atoms with Crippen molar-refractivity contribution in [1.82, 2.24) is 29.4 Å². The molecule has 4 aromatic heterocycles. The standard InChI is InChI=1S/C29H26FN7O2/c30-23-15-20(16-31)6-7-22(23)19-39-27-5-1-3-24(35-27)21-8-12-36(13-9-21)17-26-34-25-4-2-10-33-29(25)37(26)18-28-32-11-14-38-28/h1-7,10-11,14-15,21H,8-9,12-13,17-19H2. The number of nitriles is 1. The monoisotopic (exact) mass is 523 g/mol. The molecule has 0 bridgehead atoms. The number of imidazole rings is 1. The number of halogens is 1. The molecule has 0 unspecified atom stereocenters. The van der Waals surface area contributed by atoms with E-state index in [1.165, 1.54) is 6.07 Å². The molecule has 0 saturated carbocycles. The summed E-state index contributed by atoms with van der Waals surface area (Å²) >= 11 is 0. The lowest BCUT2D eigenvalue weighted by Crippen LogP contribution is -2.33. The van der Waals surface area contributed by atoms with Gasteiger partial charge in [-0.25, -0.2) is 24.3 Å². The molecule has 9 nitrogen and oxygen atoms in total. The van der Waals surface area contributed by atoms with E-state index in [-0.39, 0.29) is 12.2 Å². The minimum absolute atomic E-state index is 0.0514. The van der Waals surface area contributed by atoms with Crippen LogP contribution in [0, 0.1) is 17.1 Å². The van der Waals surface area contributed by atoms with Gasteiger partial charge in [-0.2, -0.15) is 5.26 Å². The van der Waals surface area contributed by atoms with Crippen LogP contribution in [0.1, 0.15) is 47.3 Å². The largest absolute Gasteiger partial charge is 0.473 e. The van der Waals surface area contributed by atoms with Crippen LogP contribution >= 0.6 is 0 Å². The van der Waals surface area contributed by atoms with Gasteiger partial charge >= 0.3 is 0 Å². The predicted molar refractivity (Wildman–Crippen MR) is 140 cm³/mol. The highest BCUT2D eigenvalue weighted by molar-refractivity contribution is 5.71. The number of rotatable bonds is 8. The maximum absolute atomic E-state index is 14.2. The van der Waals surface area contributed by atoms with Crippen LogP contribution in [0.5, 0.6) is 5.88 Å². The third kappa shape index (κ3) is 5.49. The van der Waals surface area contributed by atoms with Crippen LogP contribution in [-0.2, 0) is 19.7 Å². The number of piperidine rings is 1. The highest BCUT2D eigenvalue weighted by atomic mass is 19.1. The van der Waals surface area contributed by atoms with Gasteiger partial charge < -0.3 is 13.7 Å². The summed E-state index contributed by atoms with van der Waals surface area (Å²) in [4.78, 5) is 20.8. The second kappa shape index (κ2) is 11.0. The molecule has 5 heterocycles. The van der Waals surface area contributed by atoms with Crippen molar-refractivity contribution in [3.8, 4) is 11.9 Å². The van der Waals surface area contributed by atoms with Crippen molar-refractivity contribution >= 4 is 11.2 Å². The Balaban J connectivity index is 1.09. The Morgan fingerprint density at radius 1 is 1.03 bits per heavy atom. The van der Waals surface area contributed by atoms with Crippen molar-refractivity contribution in [3.63, 3.8) is 0 Å². The lowest BCUT2D eigenvalue weighted by molar-refractivity contribution is 0.196. The summed E-state index contributed by atoms with van der Waals surface area (Å²) in [6.07, 6.45) is 6.91. The van der Waals surface area contributed by atoms with Crippen molar-refractivity contribution in [2.24, 2.45) is 0 Å². The van der Waals surface area contributed by atoms with Crippen molar-refractivity contribution in [1.29, 1.82) is 5.26 Å². The van der Waals surface area contributed by atoms with E-state index in [4.69, 9.17) is 24.4 Å². The van der Waals surface area contributed by atoms with Crippen LogP contribution < -0.4 is 4.74 Å². The molecule has 0 atom stereocenters. The number of oxazole rings is 1. The molecule has 0 radical (unpaired) electrons. The quantitative estimate of drug-likeness (QED) is 0.285. The van der Waals surface area contributed by atoms with Crippen LogP contribution in [0.2, 0.25) is 0 Å². The second-order valence-electron chi connectivity index (χ2n) is 9.54. The number of pyridine rings is 2. The molecule has 1 aromatic carbocycles. The summed E-state index contributed by atoms with van der Waals surface area (Å²) in [5.74, 6) is 1.87. The van der Waals surface area contributed by atoms with Gasteiger partial charge in [0.15, 0.2) is 5.65 Å². The van der Waals surface area contributed by atoms with Crippen LogP contribution in [0.15, 0.2) is 71.6 Å². The van der Waals surface area contributed by atoms with Gasteiger partial charge in [-0.05, 0) is 56.3 Å². The average Bonchev–Trinajstić information content (AvgIpc) is 3.61. The van der Waals surface area contributed by atoms with Gasteiger partial charge in [0.25, 0.3) is 0 Å². The molecule has 196 valence electrons. The SMILES string of the molecule is N#Cc1ccc(COc2cccc(C3CCN(Cc4nc5cccnc5n4Cc4ncco4)CC3)n2)c(F)c1. The van der Waals surface area contributed by atoms with Crippen molar-refractivity contribution < 1.29 is 13.5 Å². The fourth-order valence-electron chi connectivity index (χ4n) is 4.97. The molecule has 1 aliphatic heterocycles. The van der Waals surface area contributed by atoms with E-state index >= 15 is 0 Å². The lowest BCUT2D eigenvalue weighted by atomic mass is 9.93. The van der Waals surface area contributed by atoms with Crippen LogP contribution in [0.3, 0.4) is 0 Å². The fourth-order valence-corrected chi connectivity index (χ4v) is 4.97. The van der Waals surface area contributed by atoms with Gasteiger partial charge in [-0.15, -0.1) is 0 Å². The number of likely N-dealkylation sites (tertiary alicyclic amines) is 1. The zero-order chi connectivity index (χ0) is 26.6. The molecule has 0 N–H and O–H groups in total. The fraction of sp³-hybridized carbons (Fsp3) is 0.276. The maximum atomic E-state index is 14.2. The highest BCUT2D eigenvalue weighted by Crippen LogP contribution is 2.29. The van der Waals surface area contributed by atoms with E-state index in [9.17, 15) is 4.39 Å². The number of fused-ring (bicyclic) bond motifs is 1. The molecular formula is C29H26FN7O2. The first kappa shape index (κ1) is 24.7. The number of hydrogen-bond donors (Lipinski definition) is 0. The Morgan fingerprint density at radius 3 is 2.72 bits per heavy atom. The van der Waals surface area contributed by atoms with Crippen molar-refractivity contribution in [2.45, 2.75) is 38.5 Å². The average molecular weight is 524 g/mol. The summed E-state index contributed by atoms with van der Waals surface area (Å²) in [5.41, 5.74) is 3.33. The van der Waals surface area contributed by atoms with E-state index in [2.05, 4.69) is 19.4 Å². The summed E-state index contributed by atoms with van der Waals surface area (Å²) < 4.78 is 27.6. The van der Waals surface area contributed by atoms with Crippen LogP contribution in [-0.4, -0.2) is 42.5 Å². The first-order chi connectivity index (χ1) is 19.2. The molecule has 10 heteroatoms. The van der Waals surface area contributed by atoms with E-state index in [0.29, 0.717) is 36.3 Å². The summed E-state index contributed by atoms with van der Waals surface area (Å²) in [6.45, 7) is 3.05. The molecule has 0 amide bonds.